The largest absolute Gasteiger partial charge is 0.490 e. The lowest BCUT2D eigenvalue weighted by atomic mass is 10.1. The van der Waals surface area contributed by atoms with Gasteiger partial charge in [-0.2, -0.15) is 0 Å². The number of hydrogen-bond donors (Lipinski definition) is 1. The fraction of sp³-hybridized carbons (Fsp3) is 0.471. The Morgan fingerprint density at radius 2 is 2.00 bits per heavy atom. The van der Waals surface area contributed by atoms with Gasteiger partial charge in [-0.1, -0.05) is 12.1 Å². The molecule has 0 unspecified atom stereocenters. The van der Waals surface area contributed by atoms with Crippen molar-refractivity contribution in [3.05, 3.63) is 30.1 Å². The number of carbonyl (C=O) groups is 3. The normalized spacial score (nSPS) is 17.2. The predicted molar refractivity (Wildman–Crippen MR) is 88.3 cm³/mol. The van der Waals surface area contributed by atoms with Crippen LogP contribution in [0.4, 0.5) is 4.39 Å². The molecule has 0 radical (unpaired) electrons. The highest BCUT2D eigenvalue weighted by Gasteiger charge is 2.34. The highest BCUT2D eigenvalue weighted by molar-refractivity contribution is 5.88. The number of rotatable bonds is 5. The summed E-state index contributed by atoms with van der Waals surface area (Å²) in [5.41, 5.74) is 0. The van der Waals surface area contributed by atoms with E-state index in [-0.39, 0.29) is 43.0 Å². The van der Waals surface area contributed by atoms with E-state index in [1.54, 1.807) is 12.1 Å². The number of likely N-dealkylation sites (N-methyl/N-ethyl adjacent to an activating group) is 1. The van der Waals surface area contributed by atoms with E-state index in [0.29, 0.717) is 13.1 Å². The summed E-state index contributed by atoms with van der Waals surface area (Å²) in [5, 5.41) is 2.51. The first kappa shape index (κ1) is 18.7. The maximum atomic E-state index is 13.5. The monoisotopic (exact) mass is 351 g/mol. The van der Waals surface area contributed by atoms with Gasteiger partial charge in [0.05, 0.1) is 19.6 Å². The molecule has 1 aromatic carbocycles. The molecule has 3 amide bonds. The van der Waals surface area contributed by atoms with Crippen LogP contribution in [0.25, 0.3) is 0 Å². The van der Waals surface area contributed by atoms with Gasteiger partial charge in [0.1, 0.15) is 6.04 Å². The maximum absolute atomic E-state index is 13.5. The number of ether oxygens (including phenoxy) is 1. The number of nitrogens with one attached hydrogen (secondary N) is 1. The van der Waals surface area contributed by atoms with Gasteiger partial charge in [-0.15, -0.1) is 0 Å². The summed E-state index contributed by atoms with van der Waals surface area (Å²) in [6.45, 7) is 2.23. The average molecular weight is 351 g/mol. The van der Waals surface area contributed by atoms with E-state index in [1.165, 1.54) is 35.9 Å². The molecule has 1 aliphatic rings. The average Bonchev–Trinajstić information content (AvgIpc) is 2.61. The molecule has 0 aromatic heterocycles. The van der Waals surface area contributed by atoms with Crippen molar-refractivity contribution in [3.63, 3.8) is 0 Å². The number of hydrogen-bond acceptors (Lipinski definition) is 4. The van der Waals surface area contributed by atoms with E-state index in [1.807, 2.05) is 0 Å². The van der Waals surface area contributed by atoms with E-state index in [2.05, 4.69) is 5.32 Å². The van der Waals surface area contributed by atoms with Gasteiger partial charge in [0.25, 0.3) is 0 Å². The van der Waals surface area contributed by atoms with E-state index in [9.17, 15) is 18.8 Å². The second-order valence-electron chi connectivity index (χ2n) is 5.71. The van der Waals surface area contributed by atoms with Crippen LogP contribution < -0.4 is 10.1 Å². The summed E-state index contributed by atoms with van der Waals surface area (Å²) in [6.07, 6.45) is 0.0644. The third kappa shape index (κ3) is 4.68. The Kier molecular flexibility index (Phi) is 6.32. The lowest BCUT2D eigenvalue weighted by Crippen LogP contribution is -2.60. The second kappa shape index (κ2) is 8.46. The molecule has 0 bridgehead atoms. The van der Waals surface area contributed by atoms with Crippen LogP contribution in [0, 0.1) is 5.82 Å². The van der Waals surface area contributed by atoms with Crippen LogP contribution in [0.5, 0.6) is 5.75 Å². The molecule has 1 N–H and O–H groups in total. The fourth-order valence-corrected chi connectivity index (χ4v) is 2.75. The van der Waals surface area contributed by atoms with Crippen molar-refractivity contribution in [2.75, 3.05) is 33.3 Å². The van der Waals surface area contributed by atoms with Crippen LogP contribution in [0.3, 0.4) is 0 Å². The van der Waals surface area contributed by atoms with Crippen molar-refractivity contribution < 1.29 is 23.5 Å². The Labute approximate surface area is 145 Å². The van der Waals surface area contributed by atoms with Crippen LogP contribution in [0.1, 0.15) is 13.3 Å². The molecule has 1 fully saturated rings. The van der Waals surface area contributed by atoms with Crippen LogP contribution in [0.15, 0.2) is 24.3 Å². The summed E-state index contributed by atoms with van der Waals surface area (Å²) in [7, 11) is 1.49. The molecular weight excluding hydrogens is 329 g/mol. The first-order chi connectivity index (χ1) is 11.9. The number of halogens is 1. The van der Waals surface area contributed by atoms with E-state index in [4.69, 9.17) is 4.74 Å². The molecule has 0 spiro atoms. The fourth-order valence-electron chi connectivity index (χ4n) is 2.75. The van der Waals surface area contributed by atoms with E-state index in [0.717, 1.165) is 0 Å². The topological polar surface area (TPSA) is 79.0 Å². The second-order valence-corrected chi connectivity index (χ2v) is 5.71. The highest BCUT2D eigenvalue weighted by Crippen LogP contribution is 2.16. The van der Waals surface area contributed by atoms with Crippen molar-refractivity contribution in [2.24, 2.45) is 0 Å². The molecule has 1 aliphatic heterocycles. The lowest BCUT2D eigenvalue weighted by molar-refractivity contribution is -0.147. The standard InChI is InChI=1S/C17H22FN3O4/c1-12(22)21-9-8-20(11-14(21)17(24)19-2)16(23)7-10-25-15-6-4-3-5-13(15)18/h3-6,14H,7-11H2,1-2H3,(H,19,24)/t14-/m1/s1. The first-order valence-electron chi connectivity index (χ1n) is 8.08. The molecular formula is C17H22FN3O4. The number of carbonyl (C=O) groups excluding carboxylic acids is 3. The zero-order valence-electron chi connectivity index (χ0n) is 14.3. The number of benzene rings is 1. The van der Waals surface area contributed by atoms with E-state index >= 15 is 0 Å². The van der Waals surface area contributed by atoms with Gasteiger partial charge >= 0.3 is 0 Å². The Balaban J connectivity index is 1.90. The minimum Gasteiger partial charge on any atom is -0.490 e. The molecule has 1 atom stereocenters. The van der Waals surface area contributed by atoms with Crippen molar-refractivity contribution in [1.82, 2.24) is 15.1 Å². The van der Waals surface area contributed by atoms with Crippen molar-refractivity contribution in [1.29, 1.82) is 0 Å². The SMILES string of the molecule is CNC(=O)[C@H]1CN(C(=O)CCOc2ccccc2F)CCN1C(C)=O. The van der Waals surface area contributed by atoms with Crippen LogP contribution in [0.2, 0.25) is 0 Å². The van der Waals surface area contributed by atoms with Gasteiger partial charge in [-0.3, -0.25) is 14.4 Å². The Morgan fingerprint density at radius 1 is 1.28 bits per heavy atom. The summed E-state index contributed by atoms with van der Waals surface area (Å²) in [5.74, 6) is -1.10. The molecule has 1 heterocycles. The molecule has 136 valence electrons. The van der Waals surface area contributed by atoms with Gasteiger partial charge in [0.2, 0.25) is 17.7 Å². The lowest BCUT2D eigenvalue weighted by Gasteiger charge is -2.40. The number of piperazine rings is 1. The molecule has 0 aliphatic carbocycles. The maximum Gasteiger partial charge on any atom is 0.244 e. The molecule has 2 rings (SSSR count). The molecule has 0 saturated carbocycles. The van der Waals surface area contributed by atoms with Crippen LogP contribution in [-0.4, -0.2) is 66.9 Å². The molecule has 7 nitrogen and oxygen atoms in total. The van der Waals surface area contributed by atoms with Crippen molar-refractivity contribution in [3.8, 4) is 5.75 Å². The number of amides is 3. The third-order valence-electron chi connectivity index (χ3n) is 4.10. The minimum absolute atomic E-state index is 0.0390. The smallest absolute Gasteiger partial charge is 0.244 e. The predicted octanol–water partition coefficient (Wildman–Crippen LogP) is 0.400. The third-order valence-corrected chi connectivity index (χ3v) is 4.10. The van der Waals surface area contributed by atoms with Crippen molar-refractivity contribution >= 4 is 17.7 Å². The quantitative estimate of drug-likeness (QED) is 0.833. The molecule has 1 saturated heterocycles. The zero-order valence-corrected chi connectivity index (χ0v) is 14.3. The first-order valence-corrected chi connectivity index (χ1v) is 8.08. The van der Waals surface area contributed by atoms with E-state index < -0.39 is 11.9 Å². The Bertz CT molecular complexity index is 653. The number of para-hydroxylation sites is 1. The summed E-state index contributed by atoms with van der Waals surface area (Å²) >= 11 is 0. The van der Waals surface area contributed by atoms with Gasteiger partial charge in [0, 0.05) is 27.1 Å². The molecule has 8 heteroatoms. The Morgan fingerprint density at radius 3 is 2.64 bits per heavy atom. The highest BCUT2D eigenvalue weighted by atomic mass is 19.1. The van der Waals surface area contributed by atoms with Gasteiger partial charge < -0.3 is 19.9 Å². The van der Waals surface area contributed by atoms with Crippen molar-refractivity contribution in [2.45, 2.75) is 19.4 Å². The molecule has 1 aromatic rings. The molecule has 25 heavy (non-hydrogen) atoms. The van der Waals surface area contributed by atoms with Crippen LogP contribution >= 0.6 is 0 Å². The summed E-state index contributed by atoms with van der Waals surface area (Å²) in [4.78, 5) is 38.9. The Hall–Kier alpha value is -2.64. The van der Waals surface area contributed by atoms with Gasteiger partial charge in [-0.25, -0.2) is 4.39 Å². The summed E-state index contributed by atoms with van der Waals surface area (Å²) in [6, 6.07) is 5.28. The summed E-state index contributed by atoms with van der Waals surface area (Å²) < 4.78 is 18.8. The van der Waals surface area contributed by atoms with Gasteiger partial charge in [0.15, 0.2) is 11.6 Å². The minimum atomic E-state index is -0.701. The van der Waals surface area contributed by atoms with Crippen LogP contribution in [-0.2, 0) is 14.4 Å². The number of nitrogens with zero attached hydrogens (tertiary/aromatic N) is 2. The zero-order chi connectivity index (χ0) is 18.4. The van der Waals surface area contributed by atoms with Gasteiger partial charge in [-0.05, 0) is 12.1 Å².